The van der Waals surface area contributed by atoms with Crippen LogP contribution in [0.15, 0.2) is 48.5 Å². The van der Waals surface area contributed by atoms with E-state index in [1.807, 2.05) is 24.3 Å². The summed E-state index contributed by atoms with van der Waals surface area (Å²) in [5.41, 5.74) is 1.94. The zero-order valence-electron chi connectivity index (χ0n) is 13.7. The summed E-state index contributed by atoms with van der Waals surface area (Å²) in [5, 5.41) is 15.2. The van der Waals surface area contributed by atoms with Crippen molar-refractivity contribution in [3.8, 4) is 0 Å². The first kappa shape index (κ1) is 16.9. The van der Waals surface area contributed by atoms with Gasteiger partial charge in [-0.25, -0.2) is 9.37 Å². The number of nitrogens with zero attached hydrogens (tertiary/aromatic N) is 2. The summed E-state index contributed by atoms with van der Waals surface area (Å²) in [6.07, 6.45) is -0.547. The quantitative estimate of drug-likeness (QED) is 0.643. The van der Waals surface area contributed by atoms with Crippen molar-refractivity contribution in [1.82, 2.24) is 9.55 Å². The van der Waals surface area contributed by atoms with Gasteiger partial charge in [0, 0.05) is 12.2 Å². The average Bonchev–Trinajstić information content (AvgIpc) is 2.91. The fourth-order valence-corrected chi connectivity index (χ4v) is 2.52. The number of halogens is 1. The van der Waals surface area contributed by atoms with Crippen molar-refractivity contribution in [2.24, 2.45) is 0 Å². The number of anilines is 2. The second-order valence-electron chi connectivity index (χ2n) is 5.80. The first-order valence-electron chi connectivity index (χ1n) is 7.95. The van der Waals surface area contributed by atoms with Crippen molar-refractivity contribution in [2.75, 3.05) is 17.2 Å². The Morgan fingerprint density at radius 1 is 1.28 bits per heavy atom. The smallest absolute Gasteiger partial charge is 0.244 e. The molecule has 1 atom stereocenters. The molecule has 0 saturated carbocycles. The minimum absolute atomic E-state index is 0.0131. The van der Waals surface area contributed by atoms with Gasteiger partial charge in [0.05, 0.1) is 17.1 Å². The van der Waals surface area contributed by atoms with Gasteiger partial charge in [0.2, 0.25) is 11.9 Å². The van der Waals surface area contributed by atoms with Gasteiger partial charge in [-0.2, -0.15) is 0 Å². The third-order valence-corrected chi connectivity index (χ3v) is 3.62. The van der Waals surface area contributed by atoms with Crippen molar-refractivity contribution in [3.63, 3.8) is 0 Å². The summed E-state index contributed by atoms with van der Waals surface area (Å²) in [4.78, 5) is 16.8. The van der Waals surface area contributed by atoms with Crippen molar-refractivity contribution in [2.45, 2.75) is 19.6 Å². The third kappa shape index (κ3) is 4.13. The molecule has 0 spiro atoms. The van der Waals surface area contributed by atoms with Crippen LogP contribution >= 0.6 is 0 Å². The number of hydrogen-bond donors (Lipinski definition) is 3. The lowest BCUT2D eigenvalue weighted by atomic mass is 10.3. The normalized spacial score (nSPS) is 12.1. The summed E-state index contributed by atoms with van der Waals surface area (Å²) >= 11 is 0. The molecule has 0 aliphatic carbocycles. The number of nitrogens with one attached hydrogen (secondary N) is 2. The van der Waals surface area contributed by atoms with Crippen molar-refractivity contribution in [1.29, 1.82) is 0 Å². The number of carbonyl (C=O) groups excluding carboxylic acids is 1. The van der Waals surface area contributed by atoms with Crippen molar-refractivity contribution < 1.29 is 14.3 Å². The van der Waals surface area contributed by atoms with Gasteiger partial charge in [0.25, 0.3) is 0 Å². The number of benzene rings is 2. The maximum Gasteiger partial charge on any atom is 0.244 e. The Labute approximate surface area is 144 Å². The average molecular weight is 342 g/mol. The molecule has 0 bridgehead atoms. The minimum Gasteiger partial charge on any atom is -0.392 e. The number of aromatic nitrogens is 2. The van der Waals surface area contributed by atoms with Crippen LogP contribution in [-0.4, -0.2) is 33.2 Å². The molecule has 6 nitrogen and oxygen atoms in total. The van der Waals surface area contributed by atoms with Gasteiger partial charge < -0.3 is 20.3 Å². The number of fused-ring (bicyclic) bond motifs is 1. The molecule has 2 aromatic carbocycles. The number of rotatable bonds is 6. The Morgan fingerprint density at radius 3 is 2.84 bits per heavy atom. The highest BCUT2D eigenvalue weighted by Gasteiger charge is 2.14. The van der Waals surface area contributed by atoms with Gasteiger partial charge >= 0.3 is 0 Å². The first-order valence-corrected chi connectivity index (χ1v) is 7.95. The van der Waals surface area contributed by atoms with E-state index in [9.17, 15) is 14.3 Å². The monoisotopic (exact) mass is 342 g/mol. The van der Waals surface area contributed by atoms with Crippen LogP contribution in [0.4, 0.5) is 16.0 Å². The molecule has 1 heterocycles. The van der Waals surface area contributed by atoms with E-state index >= 15 is 0 Å². The third-order valence-electron chi connectivity index (χ3n) is 3.62. The molecular weight excluding hydrogens is 323 g/mol. The van der Waals surface area contributed by atoms with Crippen LogP contribution < -0.4 is 10.6 Å². The second kappa shape index (κ2) is 7.31. The van der Waals surface area contributed by atoms with Crippen LogP contribution in [0.3, 0.4) is 0 Å². The highest BCUT2D eigenvalue weighted by Crippen LogP contribution is 2.20. The highest BCUT2D eigenvalue weighted by atomic mass is 19.1. The van der Waals surface area contributed by atoms with Gasteiger partial charge in [-0.3, -0.25) is 4.79 Å². The summed E-state index contributed by atoms with van der Waals surface area (Å²) in [5.74, 6) is -0.212. The van der Waals surface area contributed by atoms with E-state index in [0.717, 1.165) is 11.0 Å². The van der Waals surface area contributed by atoms with Gasteiger partial charge in [-0.05, 0) is 37.3 Å². The Bertz CT molecular complexity index is 892. The first-order chi connectivity index (χ1) is 12.0. The Morgan fingerprint density at radius 2 is 2.08 bits per heavy atom. The Kier molecular flexibility index (Phi) is 4.95. The lowest BCUT2D eigenvalue weighted by molar-refractivity contribution is -0.116. The minimum atomic E-state index is -0.547. The summed E-state index contributed by atoms with van der Waals surface area (Å²) in [6, 6.07) is 13.2. The van der Waals surface area contributed by atoms with E-state index in [-0.39, 0.29) is 12.5 Å². The number of imidazole rings is 1. The summed E-state index contributed by atoms with van der Waals surface area (Å²) < 4.78 is 15.0. The lowest BCUT2D eigenvalue weighted by Crippen LogP contribution is -2.22. The van der Waals surface area contributed by atoms with Crippen LogP contribution in [0.2, 0.25) is 0 Å². The van der Waals surface area contributed by atoms with Crippen LogP contribution in [0.1, 0.15) is 6.92 Å². The number of aliphatic hydroxyl groups is 1. The maximum atomic E-state index is 13.2. The van der Waals surface area contributed by atoms with Gasteiger partial charge in [0.1, 0.15) is 12.4 Å². The van der Waals surface area contributed by atoms with Gasteiger partial charge in [0.15, 0.2) is 0 Å². The van der Waals surface area contributed by atoms with E-state index in [4.69, 9.17) is 0 Å². The number of amides is 1. The molecule has 7 heteroatoms. The highest BCUT2D eigenvalue weighted by molar-refractivity contribution is 5.92. The second-order valence-corrected chi connectivity index (χ2v) is 5.80. The zero-order valence-corrected chi connectivity index (χ0v) is 13.7. The van der Waals surface area contributed by atoms with Crippen LogP contribution in [0.25, 0.3) is 11.0 Å². The van der Waals surface area contributed by atoms with E-state index in [0.29, 0.717) is 18.2 Å². The molecule has 130 valence electrons. The molecule has 25 heavy (non-hydrogen) atoms. The SMILES string of the molecule is C[C@H](O)CNc1nc2ccccc2n1CC(=O)Nc1cccc(F)c1. The molecule has 0 unspecified atom stereocenters. The van der Waals surface area contributed by atoms with Crippen LogP contribution in [0.5, 0.6) is 0 Å². The van der Waals surface area contributed by atoms with E-state index in [2.05, 4.69) is 15.6 Å². The molecule has 3 N–H and O–H groups in total. The van der Waals surface area contributed by atoms with E-state index < -0.39 is 11.9 Å². The Balaban J connectivity index is 1.83. The molecule has 3 rings (SSSR count). The number of hydrogen-bond acceptors (Lipinski definition) is 4. The molecule has 0 fully saturated rings. The standard InChI is InChI=1S/C18H19FN4O2/c1-12(24)10-20-18-22-15-7-2-3-8-16(15)23(18)11-17(25)21-14-6-4-5-13(19)9-14/h2-9,12,24H,10-11H2,1H3,(H,20,22)(H,21,25)/t12-/m0/s1. The predicted octanol–water partition coefficient (Wildman–Crippen LogP) is 2.61. The van der Waals surface area contributed by atoms with Crippen molar-refractivity contribution >= 4 is 28.6 Å². The molecular formula is C18H19FN4O2. The zero-order chi connectivity index (χ0) is 17.8. The van der Waals surface area contributed by atoms with E-state index in [1.165, 1.54) is 18.2 Å². The largest absolute Gasteiger partial charge is 0.392 e. The molecule has 0 saturated heterocycles. The summed E-state index contributed by atoms with van der Waals surface area (Å²) in [6.45, 7) is 1.99. The molecule has 1 aromatic heterocycles. The molecule has 0 radical (unpaired) electrons. The topological polar surface area (TPSA) is 79.2 Å². The van der Waals surface area contributed by atoms with E-state index in [1.54, 1.807) is 17.6 Å². The Hall–Kier alpha value is -2.93. The lowest BCUT2D eigenvalue weighted by Gasteiger charge is -2.12. The maximum absolute atomic E-state index is 13.2. The summed E-state index contributed by atoms with van der Waals surface area (Å²) in [7, 11) is 0. The molecule has 0 aliphatic rings. The fraction of sp³-hybridized carbons (Fsp3) is 0.222. The number of para-hydroxylation sites is 2. The van der Waals surface area contributed by atoms with Gasteiger partial charge in [-0.1, -0.05) is 18.2 Å². The predicted molar refractivity (Wildman–Crippen MR) is 94.9 cm³/mol. The van der Waals surface area contributed by atoms with Gasteiger partial charge in [-0.15, -0.1) is 0 Å². The van der Waals surface area contributed by atoms with Crippen LogP contribution in [-0.2, 0) is 11.3 Å². The number of aliphatic hydroxyl groups excluding tert-OH is 1. The number of carbonyl (C=O) groups is 1. The molecule has 3 aromatic rings. The van der Waals surface area contributed by atoms with Crippen molar-refractivity contribution in [3.05, 3.63) is 54.3 Å². The fourth-order valence-electron chi connectivity index (χ4n) is 2.52. The molecule has 1 amide bonds. The van der Waals surface area contributed by atoms with Crippen LogP contribution in [0, 0.1) is 5.82 Å². The molecule has 0 aliphatic heterocycles.